The molecule has 25 heteroatoms. The van der Waals surface area contributed by atoms with Crippen LogP contribution in [-0.2, 0) is 57.4 Å². The van der Waals surface area contributed by atoms with Gasteiger partial charge in [0.2, 0.25) is 24.0 Å². The van der Waals surface area contributed by atoms with Gasteiger partial charge in [-0.1, -0.05) is 9.24 Å². The zero-order valence-corrected chi connectivity index (χ0v) is 29.2. The van der Waals surface area contributed by atoms with Gasteiger partial charge in [0, 0.05) is 20.8 Å². The van der Waals surface area contributed by atoms with Gasteiger partial charge in [-0.25, -0.2) is 4.18 Å². The summed E-state index contributed by atoms with van der Waals surface area (Å²) in [5.74, 6) is -2.20. The predicted octanol–water partition coefficient (Wildman–Crippen LogP) is -6.54. The number of nitrogens with one attached hydrogen (secondary N) is 3. The molecule has 0 bridgehead atoms. The lowest BCUT2D eigenvalue weighted by atomic mass is 9.94. The molecule has 14 unspecified atom stereocenters. The fraction of sp³-hybridized carbons (Fsp3) is 0.880. The van der Waals surface area contributed by atoms with Crippen LogP contribution in [0.2, 0.25) is 0 Å². The van der Waals surface area contributed by atoms with Crippen molar-refractivity contribution >= 4 is 37.4 Å². The summed E-state index contributed by atoms with van der Waals surface area (Å²) in [6, 6.07) is -4.53. The predicted molar refractivity (Wildman–Crippen MR) is 163 cm³/mol. The third-order valence-corrected chi connectivity index (χ3v) is 7.81. The van der Waals surface area contributed by atoms with Crippen LogP contribution >= 0.6 is 9.24 Å². The van der Waals surface area contributed by atoms with E-state index in [4.69, 9.17) is 33.0 Å². The van der Waals surface area contributed by atoms with E-state index in [1.165, 1.54) is 6.92 Å². The van der Waals surface area contributed by atoms with Crippen LogP contribution in [-0.4, -0.2) is 178 Å². The Balaban J connectivity index is 2.39. The number of rotatable bonds is 18. The first-order chi connectivity index (χ1) is 23.2. The Kier molecular flexibility index (Phi) is 17.6. The summed E-state index contributed by atoms with van der Waals surface area (Å²) in [6.45, 7) is 1.67. The largest absolute Gasteiger partial charge is 0.397 e. The van der Waals surface area contributed by atoms with Gasteiger partial charge >= 0.3 is 10.4 Å². The Morgan fingerprint density at radius 1 is 0.840 bits per heavy atom. The van der Waals surface area contributed by atoms with Gasteiger partial charge < -0.3 is 80.1 Å². The van der Waals surface area contributed by atoms with Crippen molar-refractivity contribution in [3.8, 4) is 0 Å². The minimum atomic E-state index is -5.08. The summed E-state index contributed by atoms with van der Waals surface area (Å²) in [7, 11) is -3.18. The van der Waals surface area contributed by atoms with Crippen LogP contribution in [0.15, 0.2) is 0 Å². The fourth-order valence-corrected chi connectivity index (χ4v) is 5.55. The highest BCUT2D eigenvalue weighted by molar-refractivity contribution is 7.80. The van der Waals surface area contributed by atoms with E-state index >= 15 is 0 Å². The van der Waals surface area contributed by atoms with Crippen molar-refractivity contribution in [3.05, 3.63) is 0 Å². The van der Waals surface area contributed by atoms with Gasteiger partial charge in [0.1, 0.15) is 54.8 Å². The first-order valence-electron chi connectivity index (χ1n) is 14.9. The first kappa shape index (κ1) is 44.4. The van der Waals surface area contributed by atoms with E-state index in [2.05, 4.69) is 14.8 Å². The summed E-state index contributed by atoms with van der Waals surface area (Å²) >= 11 is 0. The van der Waals surface area contributed by atoms with Crippen molar-refractivity contribution in [1.82, 2.24) is 16.0 Å². The third-order valence-electron chi connectivity index (χ3n) is 7.22. The molecule has 2 fully saturated rings. The van der Waals surface area contributed by atoms with Gasteiger partial charge in [0.25, 0.3) is 0 Å². The average Bonchev–Trinajstić information content (AvgIpc) is 2.99. The molecule has 16 atom stereocenters. The summed E-state index contributed by atoms with van der Waals surface area (Å²) in [4.78, 5) is 35.5. The van der Waals surface area contributed by atoms with Crippen LogP contribution in [0.25, 0.3) is 0 Å². The highest BCUT2D eigenvalue weighted by Gasteiger charge is 2.53. The van der Waals surface area contributed by atoms with Gasteiger partial charge in [-0.2, -0.15) is 8.42 Å². The van der Waals surface area contributed by atoms with Crippen LogP contribution in [0, 0.1) is 0 Å². The second-order valence-electron chi connectivity index (χ2n) is 11.2. The van der Waals surface area contributed by atoms with Crippen LogP contribution < -0.4 is 16.0 Å². The molecule has 2 rings (SSSR count). The summed E-state index contributed by atoms with van der Waals surface area (Å²) in [5.41, 5.74) is 0. The monoisotopic (exact) mass is 771 g/mol. The van der Waals surface area contributed by atoms with E-state index < -0.39 is 140 Å². The molecule has 0 aromatic rings. The molecule has 3 amide bonds. The summed E-state index contributed by atoms with van der Waals surface area (Å²) in [5, 5.41) is 79.2. The van der Waals surface area contributed by atoms with Crippen LogP contribution in [0.3, 0.4) is 0 Å². The summed E-state index contributed by atoms with van der Waals surface area (Å²) < 4.78 is 69.5. The maximum atomic E-state index is 12.2. The summed E-state index contributed by atoms with van der Waals surface area (Å²) in [6.07, 6.45) is -20.2. The molecule has 0 spiro atoms. The first-order valence-corrected chi connectivity index (χ1v) is 17.0. The number of aliphatic hydroxyl groups is 7. The molecule has 2 aliphatic heterocycles. The number of hydrogen-bond donors (Lipinski definition) is 11. The minimum absolute atomic E-state index is 0.680. The molecule has 292 valence electrons. The van der Waals surface area contributed by atoms with Crippen LogP contribution in [0.5, 0.6) is 0 Å². The molecular formula is C25H46N3O20PS. The molecule has 23 nitrogen and oxygen atoms in total. The van der Waals surface area contributed by atoms with Gasteiger partial charge in [-0.05, 0) is 6.92 Å². The quantitative estimate of drug-likeness (QED) is 0.0350. The van der Waals surface area contributed by atoms with E-state index in [1.54, 1.807) is 0 Å². The molecule has 2 heterocycles. The number of amides is 3. The maximum Gasteiger partial charge on any atom is 0.397 e. The SMILES string of the molecule is CC(=O)NC1C(OC2C(CO)OC(O[C@@H](C)C(COS(=O)(=O)O)OC(O)[C@H](O)NC(C)=O)C(NC(C)=O)C2O)OC(CO)C(OC(O)P)C1O. The Labute approximate surface area is 288 Å². The number of hydrogen-bond acceptors (Lipinski definition) is 19. The lowest BCUT2D eigenvalue weighted by molar-refractivity contribution is -0.344. The zero-order valence-electron chi connectivity index (χ0n) is 27.2. The van der Waals surface area contributed by atoms with Crippen LogP contribution in [0.4, 0.5) is 0 Å². The molecule has 0 saturated carbocycles. The van der Waals surface area contributed by atoms with Gasteiger partial charge in [-0.15, -0.1) is 0 Å². The van der Waals surface area contributed by atoms with Crippen molar-refractivity contribution in [1.29, 1.82) is 0 Å². The number of aliphatic hydroxyl groups excluding tert-OH is 7. The Morgan fingerprint density at radius 3 is 1.82 bits per heavy atom. The van der Waals surface area contributed by atoms with Gasteiger partial charge in [0.15, 0.2) is 24.8 Å². The Bertz CT molecular complexity index is 1220. The molecule has 50 heavy (non-hydrogen) atoms. The van der Waals surface area contributed by atoms with E-state index in [0.717, 1.165) is 20.8 Å². The van der Waals surface area contributed by atoms with Gasteiger partial charge in [-0.3, -0.25) is 18.9 Å². The van der Waals surface area contributed by atoms with E-state index in [9.17, 15) is 58.5 Å². The Morgan fingerprint density at radius 2 is 1.34 bits per heavy atom. The van der Waals surface area contributed by atoms with Crippen molar-refractivity contribution in [3.63, 3.8) is 0 Å². The van der Waals surface area contributed by atoms with E-state index in [1.807, 2.05) is 14.6 Å². The van der Waals surface area contributed by atoms with Crippen molar-refractivity contribution in [2.24, 2.45) is 0 Å². The molecule has 0 radical (unpaired) electrons. The molecule has 0 aliphatic carbocycles. The van der Waals surface area contributed by atoms with Crippen LogP contribution in [0.1, 0.15) is 27.7 Å². The third kappa shape index (κ3) is 13.3. The second-order valence-corrected chi connectivity index (χ2v) is 12.9. The van der Waals surface area contributed by atoms with Crippen molar-refractivity contribution in [2.75, 3.05) is 19.8 Å². The molecule has 0 aromatic heterocycles. The lowest BCUT2D eigenvalue weighted by Crippen LogP contribution is -2.69. The number of ether oxygens (including phenoxy) is 6. The fourth-order valence-electron chi connectivity index (χ4n) is 5.07. The molecular weight excluding hydrogens is 725 g/mol. The molecule has 0 aromatic carbocycles. The molecule has 11 N–H and O–H groups in total. The standard InChI is InChI=1S/C25H46N3O20PS/c1-8(14(7-42-50(39,40)41)44-22(37)21(36)28-11(4)33)43-23-15(26-9(2)31)17(34)19(12(5-29)45-23)47-24-16(27-10(3)32)18(35)20(48-25(38)49)13(6-30)46-24/h8,12-25,29-30,34-38H,5-7,49H2,1-4H3,(H,26,31)(H,27,32)(H,28,33)(H,39,40,41)/t8-,12?,13?,14?,15?,16?,17?,18?,19?,20?,21-,22?,23?,24?,25?/m0/s1. The minimum Gasteiger partial charge on any atom is -0.394 e. The highest BCUT2D eigenvalue weighted by Crippen LogP contribution is 2.32. The normalized spacial score (nSPS) is 33.4. The zero-order chi connectivity index (χ0) is 38.1. The Hall–Kier alpha value is -1.81. The highest BCUT2D eigenvalue weighted by atomic mass is 32.3. The number of carbonyl (C=O) groups excluding carboxylic acids is 3. The lowest BCUT2D eigenvalue weighted by Gasteiger charge is -2.49. The average molecular weight is 772 g/mol. The maximum absolute atomic E-state index is 12.2. The van der Waals surface area contributed by atoms with Crippen molar-refractivity contribution < 1.29 is 95.7 Å². The van der Waals surface area contributed by atoms with Gasteiger partial charge in [0.05, 0.1) is 25.9 Å². The van der Waals surface area contributed by atoms with Crippen molar-refractivity contribution in [2.45, 2.75) is 120 Å². The number of carbonyl (C=O) groups is 3. The smallest absolute Gasteiger partial charge is 0.394 e. The second kappa shape index (κ2) is 19.9. The van der Waals surface area contributed by atoms with E-state index in [-0.39, 0.29) is 0 Å². The topological polar surface area (TPSA) is 348 Å². The molecule has 2 aliphatic rings. The van der Waals surface area contributed by atoms with E-state index in [0.29, 0.717) is 0 Å². The molecule has 2 saturated heterocycles.